The van der Waals surface area contributed by atoms with Gasteiger partial charge in [-0.3, -0.25) is 0 Å². The van der Waals surface area contributed by atoms with Gasteiger partial charge in [0.2, 0.25) is 0 Å². The van der Waals surface area contributed by atoms with E-state index in [-0.39, 0.29) is 12.1 Å². The van der Waals surface area contributed by atoms with E-state index in [1.54, 1.807) is 0 Å². The monoisotopic (exact) mass is 655 g/mol. The number of likely N-dealkylation sites (tertiary alicyclic amines) is 1. The summed E-state index contributed by atoms with van der Waals surface area (Å²) in [7, 11) is 2.20. The molecule has 4 aromatic heterocycles. The van der Waals surface area contributed by atoms with Crippen LogP contribution in [0, 0.1) is 11.3 Å². The molecule has 1 aliphatic carbocycles. The molecule has 0 saturated carbocycles. The van der Waals surface area contributed by atoms with Gasteiger partial charge in [-0.15, -0.1) is 11.3 Å². The van der Waals surface area contributed by atoms with Crippen LogP contribution in [0.25, 0.3) is 22.6 Å². The molecule has 246 valence electrons. The molecule has 4 aliphatic heterocycles. The van der Waals surface area contributed by atoms with Gasteiger partial charge in [-0.1, -0.05) is 5.16 Å². The maximum atomic E-state index is 11.3. The minimum atomic E-state index is -0.818. The number of hydrogen-bond donors (Lipinski definition) is 2. The van der Waals surface area contributed by atoms with Gasteiger partial charge in [0.25, 0.3) is 0 Å². The van der Waals surface area contributed by atoms with Crippen LogP contribution in [0.2, 0.25) is 0 Å². The van der Waals surface area contributed by atoms with E-state index in [1.165, 1.54) is 17.8 Å². The van der Waals surface area contributed by atoms with E-state index >= 15 is 0 Å². The maximum absolute atomic E-state index is 11.3. The van der Waals surface area contributed by atoms with Crippen LogP contribution in [0.1, 0.15) is 97.9 Å². The Bertz CT molecular complexity index is 1950. The zero-order chi connectivity index (χ0) is 32.2. The number of nitrogens with zero attached hydrogens (tertiary/aromatic N) is 8. The Labute approximate surface area is 277 Å². The standard InChI is InChI=1S/C34H41N9O3S/c1-18(23-6-5-13-41(23)3)43-32-25-22(39-43)9-8-19-10-12-33(2,44)16-42(19)31(25)37-30(38-32)27-21-15-45-17-34(28(21)46-40-27)11-4-7-24-26(34)20(14-35)29(36)47-24/h18-19,23,44H,4-13,15-17,36H2,1-3H3. The van der Waals surface area contributed by atoms with Crippen molar-refractivity contribution in [3.05, 3.63) is 33.0 Å². The average Bonchev–Trinajstić information content (AvgIpc) is 3.82. The second-order valence-electron chi connectivity index (χ2n) is 14.8. The van der Waals surface area contributed by atoms with Crippen molar-refractivity contribution in [1.82, 2.24) is 29.8 Å². The highest BCUT2D eigenvalue weighted by Gasteiger charge is 2.50. The number of aliphatic hydroxyl groups is 1. The quantitative estimate of drug-likeness (QED) is 0.321. The number of piperidine rings is 1. The summed E-state index contributed by atoms with van der Waals surface area (Å²) in [5.74, 6) is 2.03. The van der Waals surface area contributed by atoms with E-state index in [9.17, 15) is 10.4 Å². The number of hydrogen-bond acceptors (Lipinski definition) is 12. The summed E-state index contributed by atoms with van der Waals surface area (Å²) in [6.45, 7) is 6.47. The molecule has 2 saturated heterocycles. The van der Waals surface area contributed by atoms with Crippen LogP contribution in [0.15, 0.2) is 4.52 Å². The number of nitrogens with two attached hydrogens (primary N) is 1. The number of thiophene rings is 1. The van der Waals surface area contributed by atoms with Gasteiger partial charge in [0.05, 0.1) is 52.5 Å². The summed E-state index contributed by atoms with van der Waals surface area (Å²) in [6.07, 6.45) is 8.34. The first kappa shape index (κ1) is 29.6. The van der Waals surface area contributed by atoms with Crippen LogP contribution in [-0.2, 0) is 29.6 Å². The maximum Gasteiger partial charge on any atom is 0.186 e. The van der Waals surface area contributed by atoms with Crippen LogP contribution < -0.4 is 10.6 Å². The van der Waals surface area contributed by atoms with Gasteiger partial charge in [0.15, 0.2) is 22.9 Å². The highest BCUT2D eigenvalue weighted by Crippen LogP contribution is 2.53. The van der Waals surface area contributed by atoms with Crippen molar-refractivity contribution in [1.29, 1.82) is 5.26 Å². The lowest BCUT2D eigenvalue weighted by atomic mass is 9.68. The molecule has 12 nitrogen and oxygen atoms in total. The number of nitrogen functional groups attached to an aromatic ring is 1. The molecule has 0 amide bonds. The van der Waals surface area contributed by atoms with Gasteiger partial charge in [0, 0.05) is 29.1 Å². The number of aryl methyl sites for hydroxylation is 2. The minimum absolute atomic E-state index is 0.112. The number of likely N-dealkylation sites (N-methyl/N-ethyl adjacent to an activating group) is 1. The van der Waals surface area contributed by atoms with Crippen molar-refractivity contribution >= 4 is 33.2 Å². The van der Waals surface area contributed by atoms with Crippen molar-refractivity contribution in [3.63, 3.8) is 0 Å². The summed E-state index contributed by atoms with van der Waals surface area (Å²) in [6, 6.07) is 3.11. The summed E-state index contributed by atoms with van der Waals surface area (Å²) in [5, 5.41) is 32.9. The van der Waals surface area contributed by atoms with Crippen LogP contribution in [0.5, 0.6) is 0 Å². The van der Waals surface area contributed by atoms with E-state index in [2.05, 4.69) is 39.7 Å². The molecule has 0 bridgehead atoms. The number of nitriles is 1. The molecule has 3 N–H and O–H groups in total. The molecule has 9 rings (SSSR count). The van der Waals surface area contributed by atoms with E-state index in [0.717, 1.165) is 102 Å². The fourth-order valence-electron chi connectivity index (χ4n) is 9.36. The van der Waals surface area contributed by atoms with E-state index < -0.39 is 11.0 Å². The van der Waals surface area contributed by atoms with Crippen molar-refractivity contribution in [2.24, 2.45) is 0 Å². The van der Waals surface area contributed by atoms with Crippen LogP contribution in [-0.4, -0.2) is 79.3 Å². The molecule has 5 unspecified atom stereocenters. The zero-order valence-electron chi connectivity index (χ0n) is 27.3. The SMILES string of the molecule is CC(C1CCCN1C)n1nc2c3c(nc(-c4noc5c4COCC54CCCc5sc(N)c(C#N)c54)nc31)N1CC(C)(O)CCC1CC2. The summed E-state index contributed by atoms with van der Waals surface area (Å²) < 4.78 is 14.8. The third-order valence-electron chi connectivity index (χ3n) is 11.7. The summed E-state index contributed by atoms with van der Waals surface area (Å²) in [5.41, 5.74) is 9.61. The fourth-order valence-corrected chi connectivity index (χ4v) is 10.5. The summed E-state index contributed by atoms with van der Waals surface area (Å²) >= 11 is 1.50. The number of anilines is 2. The van der Waals surface area contributed by atoms with Crippen LogP contribution in [0.4, 0.5) is 10.8 Å². The lowest BCUT2D eigenvalue weighted by Crippen LogP contribution is -2.51. The average molecular weight is 656 g/mol. The van der Waals surface area contributed by atoms with Gasteiger partial charge >= 0.3 is 0 Å². The number of rotatable bonds is 3. The molecule has 0 radical (unpaired) electrons. The van der Waals surface area contributed by atoms with Crippen molar-refractivity contribution in [2.45, 2.75) is 107 Å². The van der Waals surface area contributed by atoms with Gasteiger partial charge in [0.1, 0.15) is 16.9 Å². The van der Waals surface area contributed by atoms with Gasteiger partial charge < -0.3 is 29.9 Å². The topological polar surface area (TPSA) is 155 Å². The van der Waals surface area contributed by atoms with Crippen molar-refractivity contribution in [2.75, 3.05) is 37.4 Å². The molecule has 0 aromatic carbocycles. The van der Waals surface area contributed by atoms with E-state index in [1.807, 2.05) is 6.92 Å². The molecule has 1 spiro atoms. The molecular weight excluding hydrogens is 615 g/mol. The predicted octanol–water partition coefficient (Wildman–Crippen LogP) is 4.47. The molecule has 2 fully saturated rings. The first-order valence-corrected chi connectivity index (χ1v) is 17.9. The lowest BCUT2D eigenvalue weighted by molar-refractivity contribution is 0.0357. The second-order valence-corrected chi connectivity index (χ2v) is 15.9. The van der Waals surface area contributed by atoms with Crippen molar-refractivity contribution < 1.29 is 14.4 Å². The van der Waals surface area contributed by atoms with E-state index in [4.69, 9.17) is 30.1 Å². The Hall–Kier alpha value is -3.57. The van der Waals surface area contributed by atoms with Crippen molar-refractivity contribution in [3.8, 4) is 17.6 Å². The molecule has 8 heterocycles. The van der Waals surface area contributed by atoms with Crippen LogP contribution in [0.3, 0.4) is 0 Å². The largest absolute Gasteiger partial charge is 0.389 e. The predicted molar refractivity (Wildman–Crippen MR) is 177 cm³/mol. The first-order valence-electron chi connectivity index (χ1n) is 17.1. The highest BCUT2D eigenvalue weighted by molar-refractivity contribution is 7.16. The van der Waals surface area contributed by atoms with Gasteiger partial charge in [-0.05, 0) is 85.2 Å². The first-order chi connectivity index (χ1) is 22.7. The normalized spacial score (nSPS) is 29.4. The van der Waals surface area contributed by atoms with Gasteiger partial charge in [-0.25, -0.2) is 14.6 Å². The molecule has 47 heavy (non-hydrogen) atoms. The lowest BCUT2D eigenvalue weighted by Gasteiger charge is -2.43. The number of aromatic nitrogens is 5. The number of ether oxygens (including phenoxy) is 1. The van der Waals surface area contributed by atoms with E-state index in [0.29, 0.717) is 47.9 Å². The second kappa shape index (κ2) is 10.5. The van der Waals surface area contributed by atoms with Gasteiger partial charge in [-0.2, -0.15) is 10.4 Å². The molecule has 5 atom stereocenters. The smallest absolute Gasteiger partial charge is 0.186 e. The highest BCUT2D eigenvalue weighted by atomic mass is 32.1. The Balaban J connectivity index is 1.24. The third-order valence-corrected chi connectivity index (χ3v) is 12.8. The molecule has 13 heteroatoms. The Morgan fingerprint density at radius 3 is 2.85 bits per heavy atom. The molecular formula is C34H41N9O3S. The Kier molecular flexibility index (Phi) is 6.58. The minimum Gasteiger partial charge on any atom is -0.389 e. The molecule has 5 aliphatic rings. The number of fused-ring (bicyclic) bond motifs is 6. The fraction of sp³-hybridized carbons (Fsp3) is 0.618. The Morgan fingerprint density at radius 1 is 1.17 bits per heavy atom. The Morgan fingerprint density at radius 2 is 2.04 bits per heavy atom. The third kappa shape index (κ3) is 4.27. The molecule has 4 aromatic rings. The summed E-state index contributed by atoms with van der Waals surface area (Å²) in [4.78, 5) is 16.4. The zero-order valence-corrected chi connectivity index (χ0v) is 28.1. The van der Waals surface area contributed by atoms with Crippen LogP contribution >= 0.6 is 11.3 Å².